The number of likely N-dealkylation sites (N-methyl/N-ethyl adjacent to an activating group) is 1. The minimum absolute atomic E-state index is 0.103. The van der Waals surface area contributed by atoms with Crippen molar-refractivity contribution in [2.24, 2.45) is 10.9 Å². The molecule has 2 rings (SSSR count). The van der Waals surface area contributed by atoms with Crippen molar-refractivity contribution in [1.29, 1.82) is 0 Å². The molecule has 1 unspecified atom stereocenters. The smallest absolute Gasteiger partial charge is 0.235 e. The van der Waals surface area contributed by atoms with E-state index in [1.807, 2.05) is 18.2 Å². The molecule has 6 nitrogen and oxygen atoms in total. The fourth-order valence-electron chi connectivity index (χ4n) is 2.32. The van der Waals surface area contributed by atoms with E-state index in [0.717, 1.165) is 6.54 Å². The summed E-state index contributed by atoms with van der Waals surface area (Å²) in [5, 5.41) is 14.7. The van der Waals surface area contributed by atoms with E-state index in [2.05, 4.69) is 22.4 Å². The summed E-state index contributed by atoms with van der Waals surface area (Å²) in [6.45, 7) is 1.35. The fourth-order valence-corrected chi connectivity index (χ4v) is 2.32. The van der Waals surface area contributed by atoms with Crippen LogP contribution in [0.15, 0.2) is 35.5 Å². The van der Waals surface area contributed by atoms with Gasteiger partial charge in [0.2, 0.25) is 5.91 Å². The van der Waals surface area contributed by atoms with Gasteiger partial charge in [-0.15, -0.1) is 0 Å². The van der Waals surface area contributed by atoms with Crippen LogP contribution in [0.25, 0.3) is 0 Å². The lowest BCUT2D eigenvalue weighted by Crippen LogP contribution is -2.40. The molecule has 1 atom stereocenters. The van der Waals surface area contributed by atoms with Crippen LogP contribution in [-0.2, 0) is 4.79 Å². The molecule has 0 spiro atoms. The van der Waals surface area contributed by atoms with Crippen molar-refractivity contribution in [2.45, 2.75) is 24.8 Å². The molecule has 4 N–H and O–H groups in total. The Labute approximate surface area is 124 Å². The maximum atomic E-state index is 12.3. The van der Waals surface area contributed by atoms with E-state index < -0.39 is 5.92 Å². The minimum Gasteiger partial charge on any atom is -0.409 e. The zero-order valence-electron chi connectivity index (χ0n) is 12.2. The number of nitrogens with one attached hydrogen (secondary N) is 1. The van der Waals surface area contributed by atoms with Gasteiger partial charge < -0.3 is 21.2 Å². The van der Waals surface area contributed by atoms with E-state index in [9.17, 15) is 4.79 Å². The highest BCUT2D eigenvalue weighted by molar-refractivity contribution is 6.07. The van der Waals surface area contributed by atoms with Gasteiger partial charge in [-0.3, -0.25) is 4.79 Å². The lowest BCUT2D eigenvalue weighted by atomic mass is 9.97. The molecule has 21 heavy (non-hydrogen) atoms. The van der Waals surface area contributed by atoms with Crippen LogP contribution in [0, 0.1) is 0 Å². The highest BCUT2D eigenvalue weighted by atomic mass is 16.4. The molecule has 6 heteroatoms. The molecule has 0 bridgehead atoms. The molecule has 0 saturated heterocycles. The number of oxime groups is 1. The maximum Gasteiger partial charge on any atom is 0.235 e. The van der Waals surface area contributed by atoms with Crippen molar-refractivity contribution in [3.8, 4) is 0 Å². The Morgan fingerprint density at radius 1 is 1.48 bits per heavy atom. The van der Waals surface area contributed by atoms with Gasteiger partial charge in [0, 0.05) is 19.1 Å². The van der Waals surface area contributed by atoms with Crippen LogP contribution in [0.4, 0.5) is 0 Å². The molecule has 1 fully saturated rings. The number of nitrogens with two attached hydrogens (primary N) is 1. The van der Waals surface area contributed by atoms with Gasteiger partial charge in [0.25, 0.3) is 0 Å². The van der Waals surface area contributed by atoms with Crippen molar-refractivity contribution >= 4 is 11.7 Å². The first-order chi connectivity index (χ1) is 10.1. The molecule has 0 heterocycles. The van der Waals surface area contributed by atoms with Crippen molar-refractivity contribution in [3.63, 3.8) is 0 Å². The van der Waals surface area contributed by atoms with Gasteiger partial charge in [-0.2, -0.15) is 0 Å². The number of amidine groups is 1. The first-order valence-electron chi connectivity index (χ1n) is 7.13. The van der Waals surface area contributed by atoms with Crippen molar-refractivity contribution in [3.05, 3.63) is 35.9 Å². The maximum absolute atomic E-state index is 12.3. The van der Waals surface area contributed by atoms with Crippen LogP contribution in [0.1, 0.15) is 24.3 Å². The zero-order valence-corrected chi connectivity index (χ0v) is 12.2. The van der Waals surface area contributed by atoms with E-state index in [0.29, 0.717) is 18.2 Å². The monoisotopic (exact) mass is 290 g/mol. The number of carbonyl (C=O) groups is 1. The average Bonchev–Trinajstić information content (AvgIpc) is 3.33. The summed E-state index contributed by atoms with van der Waals surface area (Å²) in [5.74, 6) is -1.11. The third-order valence-corrected chi connectivity index (χ3v) is 3.74. The molecule has 0 radical (unpaired) electrons. The second-order valence-corrected chi connectivity index (χ2v) is 5.37. The largest absolute Gasteiger partial charge is 0.409 e. The Balaban J connectivity index is 1.94. The highest BCUT2D eigenvalue weighted by Crippen LogP contribution is 2.24. The second-order valence-electron chi connectivity index (χ2n) is 5.37. The third-order valence-electron chi connectivity index (χ3n) is 3.74. The van der Waals surface area contributed by atoms with Crippen LogP contribution in [0.5, 0.6) is 0 Å². The molecule has 0 aliphatic heterocycles. The van der Waals surface area contributed by atoms with Crippen LogP contribution in [0.3, 0.4) is 0 Å². The Morgan fingerprint density at radius 2 is 2.14 bits per heavy atom. The molecular weight excluding hydrogens is 268 g/mol. The quantitative estimate of drug-likeness (QED) is 0.299. The number of nitrogens with zero attached hydrogens (tertiary/aromatic N) is 2. The normalized spacial score (nSPS) is 16.8. The van der Waals surface area contributed by atoms with E-state index in [4.69, 9.17) is 10.9 Å². The van der Waals surface area contributed by atoms with Gasteiger partial charge in [-0.25, -0.2) is 0 Å². The Hall–Kier alpha value is -2.08. The number of amides is 1. The van der Waals surface area contributed by atoms with Gasteiger partial charge in [0.05, 0.1) is 0 Å². The molecule has 114 valence electrons. The first-order valence-corrected chi connectivity index (χ1v) is 7.13. The molecule has 1 aromatic carbocycles. The molecule has 1 aliphatic rings. The van der Waals surface area contributed by atoms with Crippen LogP contribution in [-0.4, -0.2) is 48.0 Å². The summed E-state index contributed by atoms with van der Waals surface area (Å²) < 4.78 is 0. The number of hydrogen-bond acceptors (Lipinski definition) is 4. The summed E-state index contributed by atoms with van der Waals surface area (Å²) in [5.41, 5.74) is 6.38. The van der Waals surface area contributed by atoms with Gasteiger partial charge >= 0.3 is 0 Å². The Morgan fingerprint density at radius 3 is 2.71 bits per heavy atom. The Kier molecular flexibility index (Phi) is 5.16. The van der Waals surface area contributed by atoms with Crippen molar-refractivity contribution in [2.75, 3.05) is 20.1 Å². The highest BCUT2D eigenvalue weighted by Gasteiger charge is 2.27. The fraction of sp³-hybridized carbons (Fsp3) is 0.467. The molecular formula is C15H22N4O2. The van der Waals surface area contributed by atoms with E-state index in [1.54, 1.807) is 12.1 Å². The third kappa shape index (κ3) is 4.19. The van der Waals surface area contributed by atoms with Crippen molar-refractivity contribution < 1.29 is 10.0 Å². The summed E-state index contributed by atoms with van der Waals surface area (Å²) in [6, 6.07) is 9.74. The molecule has 1 aliphatic carbocycles. The lowest BCUT2D eigenvalue weighted by molar-refractivity contribution is -0.121. The van der Waals surface area contributed by atoms with Crippen LogP contribution in [0.2, 0.25) is 0 Å². The minimum atomic E-state index is -0.762. The average molecular weight is 290 g/mol. The predicted octanol–water partition coefficient (Wildman–Crippen LogP) is 0.727. The summed E-state index contributed by atoms with van der Waals surface area (Å²) in [4.78, 5) is 14.5. The summed E-state index contributed by atoms with van der Waals surface area (Å²) in [6.07, 6.45) is 2.47. The number of carbonyl (C=O) groups excluding carboxylic acids is 1. The SMILES string of the molecule is CN(CCNC(=O)C(C(N)=NO)c1ccccc1)C1CC1. The lowest BCUT2D eigenvalue weighted by Gasteiger charge is -2.19. The second kappa shape index (κ2) is 7.08. The van der Waals surface area contributed by atoms with E-state index in [1.165, 1.54) is 12.8 Å². The van der Waals surface area contributed by atoms with Crippen LogP contribution < -0.4 is 11.1 Å². The van der Waals surface area contributed by atoms with E-state index in [-0.39, 0.29) is 11.7 Å². The van der Waals surface area contributed by atoms with Gasteiger partial charge in [-0.1, -0.05) is 35.5 Å². The first kappa shape index (κ1) is 15.3. The Bertz CT molecular complexity index is 500. The molecule has 1 amide bonds. The molecule has 0 aromatic heterocycles. The standard InChI is InChI=1S/C15H22N4O2/c1-19(12-7-8-12)10-9-17-15(20)13(14(16)18-21)11-5-3-2-4-6-11/h2-6,12-13,21H,7-10H2,1H3,(H2,16,18)(H,17,20). The summed E-state index contributed by atoms with van der Waals surface area (Å²) in [7, 11) is 2.06. The molecule has 1 saturated carbocycles. The van der Waals surface area contributed by atoms with Gasteiger partial charge in [0.1, 0.15) is 5.92 Å². The summed E-state index contributed by atoms with van der Waals surface area (Å²) >= 11 is 0. The number of rotatable bonds is 7. The van der Waals surface area contributed by atoms with Crippen molar-refractivity contribution in [1.82, 2.24) is 10.2 Å². The van der Waals surface area contributed by atoms with Gasteiger partial charge in [-0.05, 0) is 25.5 Å². The predicted molar refractivity (Wildman–Crippen MR) is 81.3 cm³/mol. The number of benzene rings is 1. The molecule has 1 aromatic rings. The number of hydrogen-bond donors (Lipinski definition) is 3. The van der Waals surface area contributed by atoms with E-state index >= 15 is 0 Å². The van der Waals surface area contributed by atoms with Crippen LogP contribution >= 0.6 is 0 Å². The topological polar surface area (TPSA) is 91.0 Å². The zero-order chi connectivity index (χ0) is 15.2. The van der Waals surface area contributed by atoms with Gasteiger partial charge in [0.15, 0.2) is 5.84 Å².